The van der Waals surface area contributed by atoms with Crippen LogP contribution in [0.15, 0.2) is 12.1 Å². The number of rotatable bonds is 7. The molecule has 1 rings (SSSR count). The normalized spacial score (nSPS) is 9.74. The number of benzene rings is 1. The minimum Gasteiger partial charge on any atom is -0.493 e. The molecule has 0 bridgehead atoms. The summed E-state index contributed by atoms with van der Waals surface area (Å²) < 4.78 is 10.6. The molecule has 6 heteroatoms. The van der Waals surface area contributed by atoms with Crippen molar-refractivity contribution in [1.29, 1.82) is 5.26 Å². The first-order chi connectivity index (χ1) is 9.10. The van der Waals surface area contributed by atoms with E-state index in [0.29, 0.717) is 25.2 Å². The van der Waals surface area contributed by atoms with E-state index in [-0.39, 0.29) is 16.3 Å². The SMILES string of the molecule is COc1cc(C(=O)O)cc(Cl)c1OCCCCC#N. The highest BCUT2D eigenvalue weighted by molar-refractivity contribution is 6.32. The van der Waals surface area contributed by atoms with Crippen LogP contribution in [0, 0.1) is 11.3 Å². The van der Waals surface area contributed by atoms with Crippen molar-refractivity contribution in [2.75, 3.05) is 13.7 Å². The average Bonchev–Trinajstić information content (AvgIpc) is 2.39. The summed E-state index contributed by atoms with van der Waals surface area (Å²) in [5, 5.41) is 17.5. The molecule has 0 amide bonds. The van der Waals surface area contributed by atoms with Gasteiger partial charge in [0.25, 0.3) is 0 Å². The number of aromatic carboxylic acids is 1. The quantitative estimate of drug-likeness (QED) is 0.778. The molecule has 5 nitrogen and oxygen atoms in total. The van der Waals surface area contributed by atoms with Crippen molar-refractivity contribution in [1.82, 2.24) is 0 Å². The van der Waals surface area contributed by atoms with Gasteiger partial charge in [-0.25, -0.2) is 4.79 Å². The van der Waals surface area contributed by atoms with Gasteiger partial charge < -0.3 is 14.6 Å². The van der Waals surface area contributed by atoms with Gasteiger partial charge in [-0.05, 0) is 25.0 Å². The van der Waals surface area contributed by atoms with E-state index in [2.05, 4.69) is 0 Å². The number of carboxylic acids is 1. The maximum atomic E-state index is 10.9. The molecule has 0 saturated heterocycles. The standard InChI is InChI=1S/C13H14ClNO4/c1-18-11-8-9(13(16)17)7-10(14)12(11)19-6-4-2-3-5-15/h7-8H,2-4,6H2,1H3,(H,16,17). The highest BCUT2D eigenvalue weighted by Crippen LogP contribution is 2.36. The summed E-state index contributed by atoms with van der Waals surface area (Å²) in [7, 11) is 1.42. The predicted octanol–water partition coefficient (Wildman–Crippen LogP) is 3.12. The molecule has 0 aromatic heterocycles. The molecule has 1 aromatic rings. The summed E-state index contributed by atoms with van der Waals surface area (Å²) >= 11 is 5.98. The minimum atomic E-state index is -1.08. The Morgan fingerprint density at radius 3 is 2.79 bits per heavy atom. The second-order valence-corrected chi connectivity index (χ2v) is 4.17. The molecule has 0 saturated carbocycles. The fourth-order valence-electron chi connectivity index (χ4n) is 1.46. The van der Waals surface area contributed by atoms with E-state index in [1.807, 2.05) is 6.07 Å². The van der Waals surface area contributed by atoms with Crippen molar-refractivity contribution in [2.24, 2.45) is 0 Å². The number of unbranched alkanes of at least 4 members (excludes halogenated alkanes) is 2. The number of carboxylic acid groups (broad SMARTS) is 1. The van der Waals surface area contributed by atoms with E-state index in [9.17, 15) is 4.79 Å². The summed E-state index contributed by atoms with van der Waals surface area (Å²) in [5.41, 5.74) is 0.0404. The molecule has 19 heavy (non-hydrogen) atoms. The first-order valence-corrected chi connectivity index (χ1v) is 6.08. The van der Waals surface area contributed by atoms with Crippen molar-refractivity contribution in [3.8, 4) is 17.6 Å². The summed E-state index contributed by atoms with van der Waals surface area (Å²) in [4.78, 5) is 10.9. The molecule has 0 aliphatic heterocycles. The van der Waals surface area contributed by atoms with E-state index in [1.54, 1.807) is 0 Å². The van der Waals surface area contributed by atoms with E-state index in [4.69, 9.17) is 31.4 Å². The number of nitrogens with zero attached hydrogens (tertiary/aromatic N) is 1. The van der Waals surface area contributed by atoms with Gasteiger partial charge in [-0.15, -0.1) is 0 Å². The largest absolute Gasteiger partial charge is 0.493 e. The number of carbonyl (C=O) groups is 1. The van der Waals surface area contributed by atoms with E-state index >= 15 is 0 Å². The van der Waals surface area contributed by atoms with Crippen LogP contribution in [0.25, 0.3) is 0 Å². The first-order valence-electron chi connectivity index (χ1n) is 5.70. The lowest BCUT2D eigenvalue weighted by Crippen LogP contribution is -2.03. The fraction of sp³-hybridized carbons (Fsp3) is 0.385. The molecule has 1 aromatic carbocycles. The lowest BCUT2D eigenvalue weighted by molar-refractivity contribution is 0.0696. The number of ether oxygens (including phenoxy) is 2. The van der Waals surface area contributed by atoms with Gasteiger partial charge in [0.15, 0.2) is 11.5 Å². The third-order valence-electron chi connectivity index (χ3n) is 2.41. The van der Waals surface area contributed by atoms with Gasteiger partial charge in [0.1, 0.15) is 0 Å². The Labute approximate surface area is 116 Å². The van der Waals surface area contributed by atoms with Crippen LogP contribution in [0.2, 0.25) is 5.02 Å². The lowest BCUT2D eigenvalue weighted by Gasteiger charge is -2.12. The van der Waals surface area contributed by atoms with Crippen LogP contribution in [-0.4, -0.2) is 24.8 Å². The van der Waals surface area contributed by atoms with Crippen molar-refractivity contribution >= 4 is 17.6 Å². The van der Waals surface area contributed by atoms with Crippen LogP contribution in [0.4, 0.5) is 0 Å². The molecule has 0 unspecified atom stereocenters. The van der Waals surface area contributed by atoms with Crippen LogP contribution in [0.1, 0.15) is 29.6 Å². The van der Waals surface area contributed by atoms with Gasteiger partial charge in [0.05, 0.1) is 30.4 Å². The Morgan fingerprint density at radius 1 is 1.47 bits per heavy atom. The topological polar surface area (TPSA) is 79.6 Å². The molecule has 0 atom stereocenters. The van der Waals surface area contributed by atoms with Crippen molar-refractivity contribution in [3.63, 3.8) is 0 Å². The minimum absolute atomic E-state index is 0.0404. The zero-order valence-corrected chi connectivity index (χ0v) is 11.2. The van der Waals surface area contributed by atoms with Gasteiger partial charge in [-0.3, -0.25) is 0 Å². The Hall–Kier alpha value is -1.93. The second kappa shape index (κ2) is 7.49. The molecule has 0 aliphatic rings. The smallest absolute Gasteiger partial charge is 0.335 e. The van der Waals surface area contributed by atoms with E-state index < -0.39 is 5.97 Å². The molecule has 1 N–H and O–H groups in total. The van der Waals surface area contributed by atoms with Gasteiger partial charge in [-0.2, -0.15) is 5.26 Å². The van der Waals surface area contributed by atoms with Gasteiger partial charge in [0.2, 0.25) is 0 Å². The maximum absolute atomic E-state index is 10.9. The lowest BCUT2D eigenvalue weighted by atomic mass is 10.2. The zero-order chi connectivity index (χ0) is 14.3. The Morgan fingerprint density at radius 2 is 2.21 bits per heavy atom. The molecule has 0 spiro atoms. The van der Waals surface area contributed by atoms with E-state index in [1.165, 1.54) is 19.2 Å². The molecular weight excluding hydrogens is 270 g/mol. The van der Waals surface area contributed by atoms with Crippen molar-refractivity contribution < 1.29 is 19.4 Å². The van der Waals surface area contributed by atoms with Crippen molar-refractivity contribution in [2.45, 2.75) is 19.3 Å². The number of methoxy groups -OCH3 is 1. The summed E-state index contributed by atoms with van der Waals surface area (Å²) in [6.07, 6.45) is 1.93. The molecule has 102 valence electrons. The Balaban J connectivity index is 2.77. The van der Waals surface area contributed by atoms with Crippen LogP contribution in [-0.2, 0) is 0 Å². The number of nitriles is 1. The first kappa shape index (κ1) is 15.1. The second-order valence-electron chi connectivity index (χ2n) is 3.76. The highest BCUT2D eigenvalue weighted by atomic mass is 35.5. The molecule has 0 heterocycles. The summed E-state index contributed by atoms with van der Waals surface area (Å²) in [6, 6.07) is 4.73. The van der Waals surface area contributed by atoms with E-state index in [0.717, 1.165) is 6.42 Å². The van der Waals surface area contributed by atoms with Gasteiger partial charge >= 0.3 is 5.97 Å². The highest BCUT2D eigenvalue weighted by Gasteiger charge is 2.15. The zero-order valence-electron chi connectivity index (χ0n) is 10.5. The van der Waals surface area contributed by atoms with Gasteiger partial charge in [-0.1, -0.05) is 11.6 Å². The van der Waals surface area contributed by atoms with Gasteiger partial charge in [0, 0.05) is 6.42 Å². The summed E-state index contributed by atoms with van der Waals surface area (Å²) in [6.45, 7) is 0.393. The molecule has 0 radical (unpaired) electrons. The summed E-state index contributed by atoms with van der Waals surface area (Å²) in [5.74, 6) is -0.475. The monoisotopic (exact) mass is 283 g/mol. The molecule has 0 aliphatic carbocycles. The van der Waals surface area contributed by atoms with Crippen LogP contribution < -0.4 is 9.47 Å². The Bertz CT molecular complexity index is 496. The number of hydrogen-bond donors (Lipinski definition) is 1. The fourth-order valence-corrected chi connectivity index (χ4v) is 1.73. The molecular formula is C13H14ClNO4. The third-order valence-corrected chi connectivity index (χ3v) is 2.69. The third kappa shape index (κ3) is 4.34. The van der Waals surface area contributed by atoms with Crippen molar-refractivity contribution in [3.05, 3.63) is 22.7 Å². The van der Waals surface area contributed by atoms with Crippen LogP contribution in [0.5, 0.6) is 11.5 Å². The maximum Gasteiger partial charge on any atom is 0.335 e. The van der Waals surface area contributed by atoms with Crippen LogP contribution >= 0.6 is 11.6 Å². The number of hydrogen-bond acceptors (Lipinski definition) is 4. The molecule has 0 fully saturated rings. The average molecular weight is 284 g/mol. The Kier molecular flexibility index (Phi) is 5.97. The predicted molar refractivity (Wildman–Crippen MR) is 69.9 cm³/mol. The number of halogens is 1. The van der Waals surface area contributed by atoms with Crippen LogP contribution in [0.3, 0.4) is 0 Å².